The topological polar surface area (TPSA) is 34.1 Å². The number of hydrogen-bond acceptors (Lipinski definition) is 2. The molecule has 2 rings (SSSR count). The van der Waals surface area contributed by atoms with Gasteiger partial charge in [0.2, 0.25) is 10.3 Å². The van der Waals surface area contributed by atoms with Crippen LogP contribution in [0.4, 0.5) is 0 Å². The molecule has 0 saturated heterocycles. The lowest BCUT2D eigenvalue weighted by atomic mass is 10.00. The molecular weight excluding hydrogens is 244 g/mol. The molecule has 2 aromatic carbocycles. The van der Waals surface area contributed by atoms with Gasteiger partial charge in [0, 0.05) is 0 Å². The van der Waals surface area contributed by atoms with E-state index in [2.05, 4.69) is 6.58 Å². The van der Waals surface area contributed by atoms with Crippen LogP contribution in [0.2, 0.25) is 0 Å². The van der Waals surface area contributed by atoms with Crippen LogP contribution < -0.4 is 0 Å². The first-order valence-corrected chi connectivity index (χ1v) is 6.54. The van der Waals surface area contributed by atoms with Gasteiger partial charge in [-0.25, -0.2) is 0 Å². The second-order valence-corrected chi connectivity index (χ2v) is 4.65. The third-order valence-electron chi connectivity index (χ3n) is 2.60. The molecule has 90 valence electrons. The van der Waals surface area contributed by atoms with Gasteiger partial charge < -0.3 is 0 Å². The van der Waals surface area contributed by atoms with E-state index in [9.17, 15) is 8.42 Å². The Labute approximate surface area is 108 Å². The Hall–Kier alpha value is -2.13. The summed E-state index contributed by atoms with van der Waals surface area (Å²) >= 11 is 0. The first-order chi connectivity index (χ1) is 8.70. The molecule has 0 amide bonds. The summed E-state index contributed by atoms with van der Waals surface area (Å²) in [6.45, 7) is 3.89. The lowest BCUT2D eigenvalue weighted by Crippen LogP contribution is -2.04. The normalized spacial score (nSPS) is 9.78. The molecule has 2 aromatic rings. The molecule has 0 unspecified atom stereocenters. The van der Waals surface area contributed by atoms with E-state index in [1.165, 1.54) is 0 Å². The summed E-state index contributed by atoms with van der Waals surface area (Å²) in [5, 5.41) is 0. The van der Waals surface area contributed by atoms with E-state index >= 15 is 0 Å². The zero-order chi connectivity index (χ0) is 13.0. The summed E-state index contributed by atoms with van der Waals surface area (Å²) in [5.41, 5.74) is 1.97. The first-order valence-electron chi connectivity index (χ1n) is 5.46. The van der Waals surface area contributed by atoms with Crippen molar-refractivity contribution in [3.05, 3.63) is 78.4 Å². The minimum absolute atomic E-state index is 0.238. The van der Waals surface area contributed by atoms with E-state index in [1.54, 1.807) is 24.3 Å². The number of rotatable bonds is 3. The van der Waals surface area contributed by atoms with Gasteiger partial charge in [0.25, 0.3) is 0 Å². The maximum atomic E-state index is 11.4. The van der Waals surface area contributed by atoms with Crippen molar-refractivity contribution >= 4 is 20.7 Å². The quantitative estimate of drug-likeness (QED) is 0.481. The fourth-order valence-electron chi connectivity index (χ4n) is 1.73. The Morgan fingerprint density at radius 2 is 1.22 bits per heavy atom. The van der Waals surface area contributed by atoms with Crippen LogP contribution in [-0.2, 0) is 10.3 Å². The second kappa shape index (κ2) is 5.47. The summed E-state index contributed by atoms with van der Waals surface area (Å²) in [6.07, 6.45) is 0. The second-order valence-electron chi connectivity index (χ2n) is 3.77. The van der Waals surface area contributed by atoms with E-state index in [0.29, 0.717) is 11.1 Å². The van der Waals surface area contributed by atoms with Crippen molar-refractivity contribution in [3.8, 4) is 0 Å². The van der Waals surface area contributed by atoms with Crippen molar-refractivity contribution in [3.63, 3.8) is 0 Å². The molecule has 0 aromatic heterocycles. The van der Waals surface area contributed by atoms with Gasteiger partial charge in [-0.2, -0.15) is 8.42 Å². The summed E-state index contributed by atoms with van der Waals surface area (Å²) in [6, 6.07) is 18.3. The number of hydrogen-bond donors (Lipinski definition) is 0. The van der Waals surface area contributed by atoms with Gasteiger partial charge in [0.1, 0.15) is 4.86 Å². The molecule has 0 aliphatic heterocycles. The molecule has 0 fully saturated rings. The van der Waals surface area contributed by atoms with E-state index < -0.39 is 10.3 Å². The minimum Gasteiger partial charge on any atom is -0.184 e. The third kappa shape index (κ3) is 2.57. The van der Waals surface area contributed by atoms with E-state index in [4.69, 9.17) is 0 Å². The number of allylic oxidation sites excluding steroid dienone is 1. The molecular formula is C15H12O2S. The van der Waals surface area contributed by atoms with Crippen LogP contribution in [0.15, 0.2) is 67.2 Å². The largest absolute Gasteiger partial charge is 0.222 e. The predicted octanol–water partition coefficient (Wildman–Crippen LogP) is 2.80. The van der Waals surface area contributed by atoms with Gasteiger partial charge in [-0.3, -0.25) is 0 Å². The zero-order valence-electron chi connectivity index (χ0n) is 9.71. The van der Waals surface area contributed by atoms with Crippen LogP contribution in [0, 0.1) is 0 Å². The fraction of sp³-hybridized carbons (Fsp3) is 0. The highest BCUT2D eigenvalue weighted by Gasteiger charge is 2.11. The summed E-state index contributed by atoms with van der Waals surface area (Å²) in [7, 11) is -2.32. The Kier molecular flexibility index (Phi) is 3.75. The van der Waals surface area contributed by atoms with Gasteiger partial charge in [0.15, 0.2) is 0 Å². The molecule has 0 N–H and O–H groups in total. The van der Waals surface area contributed by atoms with Crippen molar-refractivity contribution < 1.29 is 8.42 Å². The maximum absolute atomic E-state index is 11.4. The highest BCUT2D eigenvalue weighted by molar-refractivity contribution is 7.74. The maximum Gasteiger partial charge on any atom is 0.222 e. The molecule has 0 heterocycles. The Morgan fingerprint density at radius 3 is 1.67 bits per heavy atom. The summed E-state index contributed by atoms with van der Waals surface area (Å²) in [5.74, 6) is 0. The minimum atomic E-state index is -2.32. The standard InChI is InChI=1S/C15H12O2S/c1-12(13-8-4-2-5-9-13)15(18(16)17)14-10-6-3-7-11-14/h2-11H,1H2. The highest BCUT2D eigenvalue weighted by atomic mass is 32.2. The molecule has 18 heavy (non-hydrogen) atoms. The molecule has 0 atom stereocenters. The third-order valence-corrected chi connectivity index (χ3v) is 3.41. The molecule has 0 aliphatic carbocycles. The lowest BCUT2D eigenvalue weighted by Gasteiger charge is -2.07. The van der Waals surface area contributed by atoms with Crippen LogP contribution in [0.5, 0.6) is 0 Å². The van der Waals surface area contributed by atoms with E-state index in [1.807, 2.05) is 36.4 Å². The smallest absolute Gasteiger partial charge is 0.184 e. The van der Waals surface area contributed by atoms with E-state index in [0.717, 1.165) is 5.56 Å². The van der Waals surface area contributed by atoms with Crippen LogP contribution in [-0.4, -0.2) is 13.3 Å². The van der Waals surface area contributed by atoms with Crippen LogP contribution >= 0.6 is 0 Å². The SMILES string of the molecule is C=C(C(c1ccccc1)=S(=O)=O)c1ccccc1. The fourth-order valence-corrected chi connectivity index (χ4v) is 2.38. The van der Waals surface area contributed by atoms with Crippen molar-refractivity contribution in [1.29, 1.82) is 0 Å². The predicted molar refractivity (Wildman–Crippen MR) is 74.9 cm³/mol. The van der Waals surface area contributed by atoms with Crippen LogP contribution in [0.25, 0.3) is 5.57 Å². The Bertz CT molecular complexity index is 676. The van der Waals surface area contributed by atoms with Crippen LogP contribution in [0.3, 0.4) is 0 Å². The Balaban J connectivity index is 2.54. The van der Waals surface area contributed by atoms with Gasteiger partial charge in [-0.15, -0.1) is 0 Å². The van der Waals surface area contributed by atoms with Crippen molar-refractivity contribution in [1.82, 2.24) is 0 Å². The molecule has 0 radical (unpaired) electrons. The van der Waals surface area contributed by atoms with Crippen molar-refractivity contribution in [2.75, 3.05) is 0 Å². The van der Waals surface area contributed by atoms with Crippen molar-refractivity contribution in [2.45, 2.75) is 0 Å². The average molecular weight is 256 g/mol. The highest BCUT2D eigenvalue weighted by Crippen LogP contribution is 2.17. The average Bonchev–Trinajstić information content (AvgIpc) is 2.40. The molecule has 0 aliphatic rings. The summed E-state index contributed by atoms with van der Waals surface area (Å²) < 4.78 is 22.8. The van der Waals surface area contributed by atoms with Gasteiger partial charge in [0.05, 0.1) is 0 Å². The molecule has 0 spiro atoms. The zero-order valence-corrected chi connectivity index (χ0v) is 10.5. The monoisotopic (exact) mass is 256 g/mol. The van der Waals surface area contributed by atoms with Gasteiger partial charge in [-0.1, -0.05) is 67.2 Å². The number of benzene rings is 2. The Morgan fingerprint density at radius 1 is 0.778 bits per heavy atom. The summed E-state index contributed by atoms with van der Waals surface area (Å²) in [4.78, 5) is 0.238. The van der Waals surface area contributed by atoms with Gasteiger partial charge in [-0.05, 0) is 16.7 Å². The molecule has 2 nitrogen and oxygen atoms in total. The van der Waals surface area contributed by atoms with E-state index in [-0.39, 0.29) is 4.86 Å². The van der Waals surface area contributed by atoms with Crippen LogP contribution in [0.1, 0.15) is 11.1 Å². The van der Waals surface area contributed by atoms with Gasteiger partial charge >= 0.3 is 0 Å². The molecule has 3 heteroatoms. The molecule has 0 saturated carbocycles. The lowest BCUT2D eigenvalue weighted by molar-refractivity contribution is 0.627. The molecule has 0 bridgehead atoms. The first kappa shape index (κ1) is 12.3. The van der Waals surface area contributed by atoms with Crippen molar-refractivity contribution in [2.24, 2.45) is 0 Å².